The van der Waals surface area contributed by atoms with E-state index in [1.165, 1.54) is 0 Å². The van der Waals surface area contributed by atoms with Crippen LogP contribution in [-0.2, 0) is 13.0 Å². The predicted molar refractivity (Wildman–Crippen MR) is 108 cm³/mol. The second-order valence-electron chi connectivity index (χ2n) is 5.78. The molecule has 0 N–H and O–H groups in total. The van der Waals surface area contributed by atoms with E-state index in [4.69, 9.17) is 23.2 Å². The smallest absolute Gasteiger partial charge is 0.227 e. The number of ketones is 1. The maximum absolute atomic E-state index is 12.5. The molecule has 2 nitrogen and oxygen atoms in total. The Morgan fingerprint density at radius 3 is 2.41 bits per heavy atom. The van der Waals surface area contributed by atoms with Crippen molar-refractivity contribution in [3.8, 4) is 0 Å². The van der Waals surface area contributed by atoms with E-state index in [1.807, 2.05) is 71.4 Å². The van der Waals surface area contributed by atoms with Gasteiger partial charge in [0.1, 0.15) is 0 Å². The number of aryl methyl sites for hydroxylation is 1. The second kappa shape index (κ2) is 10.9. The van der Waals surface area contributed by atoms with Gasteiger partial charge in [-0.15, -0.1) is 11.8 Å². The van der Waals surface area contributed by atoms with Crippen molar-refractivity contribution >= 4 is 40.7 Å². The number of Topliss-reactive ketones (excluding diaryl/α,β-unsaturated/α-hetero) is 1. The lowest BCUT2D eigenvalue weighted by atomic mass is 10.1. The summed E-state index contributed by atoms with van der Waals surface area (Å²) in [5.74, 6) is 1.00. The number of hydrogen-bond acceptors (Lipinski definition) is 2. The summed E-state index contributed by atoms with van der Waals surface area (Å²) < 4.78 is 2.02. The zero-order chi connectivity index (χ0) is 18.4. The van der Waals surface area contributed by atoms with Gasteiger partial charge in [-0.2, -0.15) is 4.57 Å². The van der Waals surface area contributed by atoms with Gasteiger partial charge < -0.3 is 17.0 Å². The van der Waals surface area contributed by atoms with Gasteiger partial charge in [-0.3, -0.25) is 4.79 Å². The van der Waals surface area contributed by atoms with E-state index < -0.39 is 0 Å². The summed E-state index contributed by atoms with van der Waals surface area (Å²) in [6.07, 6.45) is 2.81. The molecule has 140 valence electrons. The van der Waals surface area contributed by atoms with Crippen LogP contribution >= 0.6 is 35.0 Å². The van der Waals surface area contributed by atoms with Crippen LogP contribution in [0.1, 0.15) is 16.1 Å². The summed E-state index contributed by atoms with van der Waals surface area (Å²) in [5.41, 5.74) is 1.87. The Morgan fingerprint density at radius 1 is 0.926 bits per heavy atom. The summed E-state index contributed by atoms with van der Waals surface area (Å²) in [5, 5.41) is 1.14. The van der Waals surface area contributed by atoms with Gasteiger partial charge in [0, 0.05) is 34.8 Å². The monoisotopic (exact) mass is 481 g/mol. The molecule has 0 fully saturated rings. The minimum atomic E-state index is 0. The van der Waals surface area contributed by atoms with Gasteiger partial charge in [0.25, 0.3) is 0 Å². The Morgan fingerprint density at radius 2 is 1.67 bits per heavy atom. The Hall–Kier alpha value is -1.33. The number of carbonyl (C=O) groups is 1. The highest BCUT2D eigenvalue weighted by Gasteiger charge is 2.16. The molecular formula is C21H18BrCl2NOS. The maximum atomic E-state index is 12.5. The normalized spacial score (nSPS) is 10.3. The highest BCUT2D eigenvalue weighted by molar-refractivity contribution is 7.99. The molecule has 27 heavy (non-hydrogen) atoms. The van der Waals surface area contributed by atoms with Gasteiger partial charge in [0.15, 0.2) is 11.9 Å². The standard InChI is InChI=1S/C21H18Cl2NOS.BrH/c22-19-10-9-18(14-20(19)23)26-13-11-17-8-4-5-12-24(17)15-21(25)16-6-2-1-3-7-16;/h1-10,12,14H,11,13,15H2;1H/q+1;/p-1. The van der Waals surface area contributed by atoms with Gasteiger partial charge in [0.05, 0.1) is 10.0 Å². The molecule has 0 aliphatic rings. The quantitative estimate of drug-likeness (QED) is 0.293. The van der Waals surface area contributed by atoms with E-state index in [-0.39, 0.29) is 22.8 Å². The minimum Gasteiger partial charge on any atom is -1.00 e. The summed E-state index contributed by atoms with van der Waals surface area (Å²) in [7, 11) is 0. The van der Waals surface area contributed by atoms with Crippen molar-refractivity contribution < 1.29 is 26.3 Å². The van der Waals surface area contributed by atoms with Crippen LogP contribution in [0.25, 0.3) is 0 Å². The lowest BCUT2D eigenvalue weighted by molar-refractivity contribution is -0.690. The van der Waals surface area contributed by atoms with Crippen molar-refractivity contribution in [2.75, 3.05) is 5.75 Å². The van der Waals surface area contributed by atoms with Crippen LogP contribution < -0.4 is 21.5 Å². The van der Waals surface area contributed by atoms with E-state index in [0.717, 1.165) is 28.3 Å². The predicted octanol–water partition coefficient (Wildman–Crippen LogP) is 2.50. The van der Waals surface area contributed by atoms with E-state index in [9.17, 15) is 4.79 Å². The Labute approximate surface area is 184 Å². The number of hydrogen-bond donors (Lipinski definition) is 0. The largest absolute Gasteiger partial charge is 1.00 e. The summed E-state index contributed by atoms with van der Waals surface area (Å²) in [4.78, 5) is 13.6. The molecule has 0 aliphatic heterocycles. The van der Waals surface area contributed by atoms with E-state index in [2.05, 4.69) is 6.07 Å². The van der Waals surface area contributed by atoms with E-state index in [0.29, 0.717) is 16.6 Å². The minimum absolute atomic E-state index is 0. The van der Waals surface area contributed by atoms with Crippen molar-refractivity contribution in [1.29, 1.82) is 0 Å². The number of pyridine rings is 1. The molecule has 3 aromatic rings. The van der Waals surface area contributed by atoms with Gasteiger partial charge in [-0.25, -0.2) is 0 Å². The molecular weight excluding hydrogens is 465 g/mol. The lowest BCUT2D eigenvalue weighted by Crippen LogP contribution is -3.00. The second-order valence-corrected chi connectivity index (χ2v) is 7.77. The van der Waals surface area contributed by atoms with Gasteiger partial charge in [-0.05, 0) is 18.2 Å². The summed E-state index contributed by atoms with van der Waals surface area (Å²) in [6.45, 7) is 0.345. The average molecular weight is 483 g/mol. The van der Waals surface area contributed by atoms with Crippen molar-refractivity contribution in [3.05, 3.63) is 94.2 Å². The first kappa shape index (κ1) is 22.0. The van der Waals surface area contributed by atoms with Gasteiger partial charge in [-0.1, -0.05) is 59.6 Å². The molecule has 6 heteroatoms. The van der Waals surface area contributed by atoms with Crippen molar-refractivity contribution in [1.82, 2.24) is 0 Å². The molecule has 0 aliphatic carbocycles. The molecule has 0 radical (unpaired) electrons. The molecule has 2 aromatic carbocycles. The van der Waals surface area contributed by atoms with Crippen LogP contribution in [0.3, 0.4) is 0 Å². The number of benzene rings is 2. The molecule has 0 spiro atoms. The molecule has 1 heterocycles. The molecule has 0 atom stereocenters. The molecule has 0 saturated heterocycles. The summed E-state index contributed by atoms with van der Waals surface area (Å²) >= 11 is 13.7. The van der Waals surface area contributed by atoms with Crippen molar-refractivity contribution in [2.24, 2.45) is 0 Å². The highest BCUT2D eigenvalue weighted by atomic mass is 79.9. The Balaban J connectivity index is 0.00000261. The fourth-order valence-corrected chi connectivity index (χ4v) is 3.88. The molecule has 0 unspecified atom stereocenters. The van der Waals surface area contributed by atoms with Crippen LogP contribution in [0.4, 0.5) is 0 Å². The zero-order valence-corrected chi connectivity index (χ0v) is 18.4. The van der Waals surface area contributed by atoms with Crippen LogP contribution in [0, 0.1) is 0 Å². The third-order valence-electron chi connectivity index (χ3n) is 3.96. The average Bonchev–Trinajstić information content (AvgIpc) is 2.66. The first-order chi connectivity index (χ1) is 12.6. The van der Waals surface area contributed by atoms with Gasteiger partial charge >= 0.3 is 0 Å². The molecule has 3 rings (SSSR count). The third kappa shape index (κ3) is 6.35. The van der Waals surface area contributed by atoms with Crippen LogP contribution in [-0.4, -0.2) is 11.5 Å². The number of rotatable bonds is 7. The Bertz CT molecular complexity index is 906. The fraction of sp³-hybridized carbons (Fsp3) is 0.143. The van der Waals surface area contributed by atoms with Gasteiger partial charge in [0.2, 0.25) is 12.3 Å². The van der Waals surface area contributed by atoms with E-state index >= 15 is 0 Å². The number of thioether (sulfide) groups is 1. The number of halogens is 3. The zero-order valence-electron chi connectivity index (χ0n) is 14.4. The molecule has 1 aromatic heterocycles. The first-order valence-corrected chi connectivity index (χ1v) is 10.0. The number of carbonyl (C=O) groups excluding carboxylic acids is 1. The molecule has 0 amide bonds. The summed E-state index contributed by atoms with van der Waals surface area (Å²) in [6, 6.07) is 21.1. The Kier molecular flexibility index (Phi) is 8.84. The van der Waals surface area contributed by atoms with Crippen molar-refractivity contribution in [2.45, 2.75) is 17.9 Å². The van der Waals surface area contributed by atoms with Crippen molar-refractivity contribution in [3.63, 3.8) is 0 Å². The SMILES string of the molecule is O=C(C[n+]1ccccc1CCSc1ccc(Cl)c(Cl)c1)c1ccccc1.[Br-]. The molecule has 0 bridgehead atoms. The van der Waals surface area contributed by atoms with Crippen LogP contribution in [0.5, 0.6) is 0 Å². The topological polar surface area (TPSA) is 20.9 Å². The fourth-order valence-electron chi connectivity index (χ4n) is 2.60. The number of nitrogens with zero attached hydrogens (tertiary/aromatic N) is 1. The lowest BCUT2D eigenvalue weighted by Gasteiger charge is -2.05. The van der Waals surface area contributed by atoms with Crippen LogP contribution in [0.2, 0.25) is 10.0 Å². The number of aromatic nitrogens is 1. The van der Waals surface area contributed by atoms with E-state index in [1.54, 1.807) is 11.8 Å². The first-order valence-electron chi connectivity index (χ1n) is 8.27. The maximum Gasteiger partial charge on any atom is 0.227 e. The highest BCUT2D eigenvalue weighted by Crippen LogP contribution is 2.28. The van der Waals surface area contributed by atoms with Crippen LogP contribution in [0.15, 0.2) is 77.8 Å². The third-order valence-corrected chi connectivity index (χ3v) is 5.70. The molecule has 0 saturated carbocycles.